The number of rotatable bonds is 4. The maximum Gasteiger partial charge on any atom is 0.319 e. The molecule has 0 aromatic carbocycles. The number of hydrogen-bond donors (Lipinski definition) is 1. The van der Waals surface area contributed by atoms with Crippen LogP contribution < -0.4 is 5.32 Å². The Labute approximate surface area is 60.7 Å². The first-order valence-electron chi connectivity index (χ1n) is 3.63. The predicted molar refractivity (Wildman–Crippen MR) is 37.6 cm³/mol. The van der Waals surface area contributed by atoms with E-state index in [2.05, 4.69) is 5.32 Å². The molecule has 0 aromatic heterocycles. The lowest BCUT2D eigenvalue weighted by Gasteiger charge is -2.01. The Morgan fingerprint density at radius 3 is 2.90 bits per heavy atom. The minimum Gasteiger partial charge on any atom is -0.464 e. The molecule has 3 heteroatoms. The van der Waals surface area contributed by atoms with E-state index >= 15 is 0 Å². The molecule has 1 rings (SSSR count). The second-order valence-electron chi connectivity index (χ2n) is 2.66. The summed E-state index contributed by atoms with van der Waals surface area (Å²) in [5, 5.41) is 2.74. The van der Waals surface area contributed by atoms with Crippen molar-refractivity contribution in [3.05, 3.63) is 0 Å². The molecule has 1 fully saturated rings. The normalized spacial score (nSPS) is 16.9. The lowest BCUT2D eigenvalue weighted by molar-refractivity contribution is -0.142. The Morgan fingerprint density at radius 2 is 2.40 bits per heavy atom. The molecule has 0 atom stereocenters. The molecular formula is C7H13NO2. The van der Waals surface area contributed by atoms with Gasteiger partial charge in [-0.15, -0.1) is 0 Å². The van der Waals surface area contributed by atoms with E-state index in [0.717, 1.165) is 0 Å². The van der Waals surface area contributed by atoms with Gasteiger partial charge in [-0.05, 0) is 25.8 Å². The first-order valence-corrected chi connectivity index (χ1v) is 3.63. The van der Waals surface area contributed by atoms with Crippen molar-refractivity contribution in [3.63, 3.8) is 0 Å². The number of carbonyl (C=O) groups is 1. The zero-order valence-corrected chi connectivity index (χ0v) is 6.22. The first kappa shape index (κ1) is 7.54. The largest absolute Gasteiger partial charge is 0.464 e. The van der Waals surface area contributed by atoms with E-state index in [1.165, 1.54) is 12.8 Å². The average molecular weight is 143 g/mol. The fraction of sp³-hybridized carbons (Fsp3) is 0.857. The topological polar surface area (TPSA) is 38.3 Å². The highest BCUT2D eigenvalue weighted by Crippen LogP contribution is 2.28. The fourth-order valence-corrected chi connectivity index (χ4v) is 0.691. The highest BCUT2D eigenvalue weighted by atomic mass is 16.5. The van der Waals surface area contributed by atoms with Crippen molar-refractivity contribution in [1.29, 1.82) is 0 Å². The van der Waals surface area contributed by atoms with E-state index in [9.17, 15) is 4.79 Å². The molecule has 58 valence electrons. The molecular weight excluding hydrogens is 130 g/mol. The molecule has 10 heavy (non-hydrogen) atoms. The summed E-state index contributed by atoms with van der Waals surface area (Å²) in [5.74, 6) is 0.523. The lowest BCUT2D eigenvalue weighted by Crippen LogP contribution is -2.21. The summed E-state index contributed by atoms with van der Waals surface area (Å²) in [6, 6.07) is 0. The van der Waals surface area contributed by atoms with Crippen LogP contribution in [0, 0.1) is 5.92 Å². The van der Waals surface area contributed by atoms with Gasteiger partial charge in [-0.3, -0.25) is 4.79 Å². The number of ether oxygens (including phenoxy) is 1. The van der Waals surface area contributed by atoms with Gasteiger partial charge in [0.25, 0.3) is 0 Å². The Kier molecular flexibility index (Phi) is 2.68. The van der Waals surface area contributed by atoms with Crippen LogP contribution >= 0.6 is 0 Å². The molecule has 0 spiro atoms. The molecule has 0 bridgehead atoms. The van der Waals surface area contributed by atoms with Crippen molar-refractivity contribution in [2.45, 2.75) is 12.8 Å². The van der Waals surface area contributed by atoms with Crippen LogP contribution in [-0.4, -0.2) is 26.2 Å². The monoisotopic (exact) mass is 143 g/mol. The van der Waals surface area contributed by atoms with Gasteiger partial charge in [-0.2, -0.15) is 0 Å². The van der Waals surface area contributed by atoms with E-state index < -0.39 is 0 Å². The highest BCUT2D eigenvalue weighted by molar-refractivity contribution is 5.71. The smallest absolute Gasteiger partial charge is 0.319 e. The second kappa shape index (κ2) is 3.56. The van der Waals surface area contributed by atoms with Crippen LogP contribution in [0.4, 0.5) is 0 Å². The number of likely N-dealkylation sites (N-methyl/N-ethyl adjacent to an activating group) is 1. The van der Waals surface area contributed by atoms with Gasteiger partial charge in [0.05, 0.1) is 13.2 Å². The van der Waals surface area contributed by atoms with Crippen LogP contribution in [0.2, 0.25) is 0 Å². The van der Waals surface area contributed by atoms with Crippen LogP contribution in [0.15, 0.2) is 0 Å². The van der Waals surface area contributed by atoms with Gasteiger partial charge in [0.2, 0.25) is 0 Å². The molecule has 1 aliphatic carbocycles. The van der Waals surface area contributed by atoms with Crippen LogP contribution in [-0.2, 0) is 9.53 Å². The zero-order valence-electron chi connectivity index (χ0n) is 6.22. The molecule has 3 nitrogen and oxygen atoms in total. The summed E-state index contributed by atoms with van der Waals surface area (Å²) < 4.78 is 4.90. The van der Waals surface area contributed by atoms with Gasteiger partial charge in [0, 0.05) is 0 Å². The molecule has 0 aliphatic heterocycles. The van der Waals surface area contributed by atoms with Crippen LogP contribution in [0.25, 0.3) is 0 Å². The Balaban J connectivity index is 1.94. The van der Waals surface area contributed by atoms with Gasteiger partial charge in [0.1, 0.15) is 0 Å². The van der Waals surface area contributed by atoms with Crippen molar-refractivity contribution < 1.29 is 9.53 Å². The van der Waals surface area contributed by atoms with Crippen molar-refractivity contribution in [3.8, 4) is 0 Å². The van der Waals surface area contributed by atoms with E-state index in [1.807, 2.05) is 0 Å². The van der Waals surface area contributed by atoms with Crippen molar-refractivity contribution in [2.75, 3.05) is 20.2 Å². The van der Waals surface area contributed by atoms with E-state index in [0.29, 0.717) is 19.1 Å². The molecule has 0 amide bonds. The number of nitrogens with one attached hydrogen (secondary N) is 1. The molecule has 0 aromatic rings. The second-order valence-corrected chi connectivity index (χ2v) is 2.66. The van der Waals surface area contributed by atoms with Crippen molar-refractivity contribution >= 4 is 5.97 Å². The summed E-state index contributed by atoms with van der Waals surface area (Å²) >= 11 is 0. The van der Waals surface area contributed by atoms with E-state index in [-0.39, 0.29) is 5.97 Å². The average Bonchev–Trinajstić information content (AvgIpc) is 2.67. The van der Waals surface area contributed by atoms with Gasteiger partial charge in [0.15, 0.2) is 0 Å². The van der Waals surface area contributed by atoms with Gasteiger partial charge >= 0.3 is 5.97 Å². The highest BCUT2D eigenvalue weighted by Gasteiger charge is 2.22. The van der Waals surface area contributed by atoms with E-state index in [1.54, 1.807) is 7.05 Å². The number of esters is 1. The lowest BCUT2D eigenvalue weighted by atomic mass is 10.5. The van der Waals surface area contributed by atoms with Crippen LogP contribution in [0.1, 0.15) is 12.8 Å². The summed E-state index contributed by atoms with van der Waals surface area (Å²) in [6.07, 6.45) is 2.46. The molecule has 0 heterocycles. The maximum absolute atomic E-state index is 10.7. The number of hydrogen-bond acceptors (Lipinski definition) is 3. The summed E-state index contributed by atoms with van der Waals surface area (Å²) in [6.45, 7) is 0.952. The quantitative estimate of drug-likeness (QED) is 0.570. The third-order valence-corrected chi connectivity index (χ3v) is 1.50. The fourth-order valence-electron chi connectivity index (χ4n) is 0.691. The van der Waals surface area contributed by atoms with Gasteiger partial charge in [-0.25, -0.2) is 0 Å². The third kappa shape index (κ3) is 2.82. The molecule has 0 saturated heterocycles. The third-order valence-electron chi connectivity index (χ3n) is 1.50. The number of carbonyl (C=O) groups excluding carboxylic acids is 1. The van der Waals surface area contributed by atoms with E-state index in [4.69, 9.17) is 4.74 Å². The van der Waals surface area contributed by atoms with Crippen LogP contribution in [0.5, 0.6) is 0 Å². The predicted octanol–water partition coefficient (Wildman–Crippen LogP) is 0.159. The Hall–Kier alpha value is -0.570. The molecule has 0 unspecified atom stereocenters. The summed E-state index contributed by atoms with van der Waals surface area (Å²) in [4.78, 5) is 10.7. The van der Waals surface area contributed by atoms with Crippen molar-refractivity contribution in [2.24, 2.45) is 5.92 Å². The Morgan fingerprint density at radius 1 is 1.70 bits per heavy atom. The summed E-state index contributed by atoms with van der Waals surface area (Å²) in [7, 11) is 1.73. The minimum atomic E-state index is -0.144. The summed E-state index contributed by atoms with van der Waals surface area (Å²) in [5.41, 5.74) is 0. The Bertz CT molecular complexity index is 121. The SMILES string of the molecule is CNCC(=O)OCC1CC1. The first-order chi connectivity index (χ1) is 4.83. The zero-order chi connectivity index (χ0) is 7.40. The van der Waals surface area contributed by atoms with Crippen molar-refractivity contribution in [1.82, 2.24) is 5.32 Å². The molecule has 1 N–H and O–H groups in total. The molecule has 1 saturated carbocycles. The van der Waals surface area contributed by atoms with Gasteiger partial charge < -0.3 is 10.1 Å². The molecule has 1 aliphatic rings. The maximum atomic E-state index is 10.7. The molecule has 0 radical (unpaired) electrons. The minimum absolute atomic E-state index is 0.144. The van der Waals surface area contributed by atoms with Gasteiger partial charge in [-0.1, -0.05) is 0 Å². The van der Waals surface area contributed by atoms with Crippen LogP contribution in [0.3, 0.4) is 0 Å². The standard InChI is InChI=1S/C7H13NO2/c1-8-4-7(9)10-5-6-2-3-6/h6,8H,2-5H2,1H3.